The van der Waals surface area contributed by atoms with Crippen LogP contribution >= 0.6 is 0 Å². The lowest BCUT2D eigenvalue weighted by atomic mass is 10.0. The molecule has 162 valence electrons. The van der Waals surface area contributed by atoms with Crippen molar-refractivity contribution < 1.29 is 29.1 Å². The number of fused-ring (bicyclic) bond motifs is 1. The molecule has 0 aromatic heterocycles. The number of aliphatic hydroxyl groups is 1. The molecule has 0 aliphatic carbocycles. The molecular weight excluding hydrogens is 380 g/mol. The van der Waals surface area contributed by atoms with Crippen molar-refractivity contribution in [1.82, 2.24) is 0 Å². The lowest BCUT2D eigenvalue weighted by Gasteiger charge is -2.30. The number of rotatable bonds is 9. The van der Waals surface area contributed by atoms with E-state index in [0.717, 1.165) is 50.8 Å². The highest BCUT2D eigenvalue weighted by molar-refractivity contribution is 5.44. The quantitative estimate of drug-likeness (QED) is 0.536. The van der Waals surface area contributed by atoms with Gasteiger partial charge in [-0.25, -0.2) is 0 Å². The lowest BCUT2D eigenvalue weighted by molar-refractivity contribution is -1.02. The Morgan fingerprint density at radius 1 is 0.933 bits per heavy atom. The van der Waals surface area contributed by atoms with Gasteiger partial charge >= 0.3 is 0 Å². The van der Waals surface area contributed by atoms with Crippen LogP contribution in [-0.4, -0.2) is 63.9 Å². The average Bonchev–Trinajstić information content (AvgIpc) is 3.23. The van der Waals surface area contributed by atoms with E-state index in [9.17, 15) is 5.11 Å². The van der Waals surface area contributed by atoms with Crippen molar-refractivity contribution in [2.75, 3.05) is 52.7 Å². The summed E-state index contributed by atoms with van der Waals surface area (Å²) in [7, 11) is 0. The first kappa shape index (κ1) is 21.1. The third-order valence-corrected chi connectivity index (χ3v) is 6.13. The van der Waals surface area contributed by atoms with Crippen LogP contribution in [0.1, 0.15) is 24.0 Å². The van der Waals surface area contributed by atoms with Crippen molar-refractivity contribution in [1.29, 1.82) is 0 Å². The van der Waals surface area contributed by atoms with Gasteiger partial charge in [0, 0.05) is 11.5 Å². The van der Waals surface area contributed by atoms with Crippen molar-refractivity contribution in [3.63, 3.8) is 0 Å². The van der Waals surface area contributed by atoms with Gasteiger partial charge in [0.1, 0.15) is 45.4 Å². The number of hydrogen-bond donors (Lipinski definition) is 3. The second-order valence-corrected chi connectivity index (χ2v) is 8.57. The summed E-state index contributed by atoms with van der Waals surface area (Å²) < 4.78 is 16.7. The minimum absolute atomic E-state index is 0.324. The molecule has 1 fully saturated rings. The molecule has 2 aromatic rings. The van der Waals surface area contributed by atoms with Crippen LogP contribution in [0.3, 0.4) is 0 Å². The molecule has 0 amide bonds. The van der Waals surface area contributed by atoms with E-state index in [-0.39, 0.29) is 0 Å². The van der Waals surface area contributed by atoms with Crippen LogP contribution in [-0.2, 0) is 11.3 Å². The Hall–Kier alpha value is -2.12. The van der Waals surface area contributed by atoms with Gasteiger partial charge < -0.3 is 29.1 Å². The van der Waals surface area contributed by atoms with Crippen LogP contribution in [0, 0.1) is 0 Å². The zero-order valence-corrected chi connectivity index (χ0v) is 17.8. The zero-order chi connectivity index (χ0) is 20.8. The van der Waals surface area contributed by atoms with E-state index in [1.165, 1.54) is 16.0 Å². The fourth-order valence-electron chi connectivity index (χ4n) is 4.33. The van der Waals surface area contributed by atoms with Crippen LogP contribution in [0.5, 0.6) is 11.5 Å². The standard InChI is InChI=1S/C24H32N2O4/c1-19(21-5-3-2-4-6-21)16-28-17-22(27)15-26-11-9-25(10-12-26)14-20-7-8-23-24(13-20)30-18-29-23/h2-8,13,19,22,27H,9-12,14-18H2,1H3/p+2/t19-,22-/m0/s1. The molecule has 6 heteroatoms. The summed E-state index contributed by atoms with van der Waals surface area (Å²) >= 11 is 0. The zero-order valence-electron chi connectivity index (χ0n) is 17.8. The molecule has 0 spiro atoms. The number of nitrogens with one attached hydrogen (secondary N) is 2. The van der Waals surface area contributed by atoms with E-state index in [1.54, 1.807) is 4.90 Å². The van der Waals surface area contributed by atoms with Gasteiger partial charge in [-0.05, 0) is 23.8 Å². The van der Waals surface area contributed by atoms with Gasteiger partial charge in [-0.1, -0.05) is 37.3 Å². The van der Waals surface area contributed by atoms with Gasteiger partial charge in [0.05, 0.1) is 13.2 Å². The van der Waals surface area contributed by atoms with Gasteiger partial charge in [0.15, 0.2) is 11.5 Å². The van der Waals surface area contributed by atoms with E-state index in [2.05, 4.69) is 43.3 Å². The fourth-order valence-corrected chi connectivity index (χ4v) is 4.33. The molecule has 0 radical (unpaired) electrons. The topological polar surface area (TPSA) is 56.8 Å². The molecule has 3 N–H and O–H groups in total. The largest absolute Gasteiger partial charge is 0.454 e. The summed E-state index contributed by atoms with van der Waals surface area (Å²) in [4.78, 5) is 3.05. The normalized spacial score (nSPS) is 22.6. The van der Waals surface area contributed by atoms with Crippen LogP contribution in [0.25, 0.3) is 0 Å². The van der Waals surface area contributed by atoms with E-state index in [4.69, 9.17) is 14.2 Å². The molecule has 6 nitrogen and oxygen atoms in total. The average molecular weight is 415 g/mol. The van der Waals surface area contributed by atoms with E-state index < -0.39 is 6.10 Å². The Morgan fingerprint density at radius 3 is 2.47 bits per heavy atom. The SMILES string of the molecule is C[C@@H](COC[C@@H](O)C[NH+]1CC[NH+](Cc2ccc3c(c2)OCO3)CC1)c1ccccc1. The van der Waals surface area contributed by atoms with Gasteiger partial charge in [-0.2, -0.15) is 0 Å². The highest BCUT2D eigenvalue weighted by Gasteiger charge is 2.25. The maximum absolute atomic E-state index is 10.4. The van der Waals surface area contributed by atoms with Gasteiger partial charge in [-0.3, -0.25) is 0 Å². The van der Waals surface area contributed by atoms with Gasteiger partial charge in [-0.15, -0.1) is 0 Å². The number of aliphatic hydroxyl groups excluding tert-OH is 1. The fraction of sp³-hybridized carbons (Fsp3) is 0.500. The third kappa shape index (κ3) is 5.73. The number of hydrogen-bond acceptors (Lipinski definition) is 4. The Kier molecular flexibility index (Phi) is 7.23. The van der Waals surface area contributed by atoms with E-state index in [1.807, 2.05) is 12.1 Å². The third-order valence-electron chi connectivity index (χ3n) is 6.13. The summed E-state index contributed by atoms with van der Waals surface area (Å²) in [5.41, 5.74) is 2.57. The molecule has 0 bridgehead atoms. The second kappa shape index (κ2) is 10.3. The Balaban J connectivity index is 1.13. The van der Waals surface area contributed by atoms with Crippen molar-refractivity contribution in [3.8, 4) is 11.5 Å². The molecule has 2 heterocycles. The van der Waals surface area contributed by atoms with Crippen LogP contribution in [0.2, 0.25) is 0 Å². The van der Waals surface area contributed by atoms with Crippen molar-refractivity contribution in [2.24, 2.45) is 0 Å². The Morgan fingerprint density at radius 2 is 1.67 bits per heavy atom. The number of benzene rings is 2. The van der Waals surface area contributed by atoms with Gasteiger partial charge in [0.25, 0.3) is 0 Å². The van der Waals surface area contributed by atoms with Crippen LogP contribution in [0.4, 0.5) is 0 Å². The molecular formula is C24H34N2O4+2. The summed E-state index contributed by atoms with van der Waals surface area (Å²) in [6.07, 6.45) is -0.404. The van der Waals surface area contributed by atoms with Crippen molar-refractivity contribution >= 4 is 0 Å². The molecule has 2 aromatic carbocycles. The first-order valence-corrected chi connectivity index (χ1v) is 11.0. The Labute approximate surface area is 179 Å². The minimum Gasteiger partial charge on any atom is -0.454 e. The molecule has 2 aliphatic heterocycles. The highest BCUT2D eigenvalue weighted by Crippen LogP contribution is 2.32. The lowest BCUT2D eigenvalue weighted by Crippen LogP contribution is -3.28. The van der Waals surface area contributed by atoms with Crippen molar-refractivity contribution in [2.45, 2.75) is 25.5 Å². The van der Waals surface area contributed by atoms with Crippen LogP contribution < -0.4 is 19.3 Å². The highest BCUT2D eigenvalue weighted by atomic mass is 16.7. The predicted molar refractivity (Wildman–Crippen MR) is 114 cm³/mol. The molecule has 2 aliphatic rings. The molecule has 2 atom stereocenters. The number of quaternary nitrogens is 2. The summed E-state index contributed by atoms with van der Waals surface area (Å²) in [6.45, 7) is 9.70. The minimum atomic E-state index is -0.404. The van der Waals surface area contributed by atoms with E-state index >= 15 is 0 Å². The smallest absolute Gasteiger partial charge is 0.231 e. The second-order valence-electron chi connectivity index (χ2n) is 8.57. The molecule has 0 saturated carbocycles. The maximum Gasteiger partial charge on any atom is 0.231 e. The molecule has 30 heavy (non-hydrogen) atoms. The van der Waals surface area contributed by atoms with Gasteiger partial charge in [0.2, 0.25) is 6.79 Å². The summed E-state index contributed by atoms with van der Waals surface area (Å²) in [5.74, 6) is 2.05. The maximum atomic E-state index is 10.4. The van der Waals surface area contributed by atoms with Crippen molar-refractivity contribution in [3.05, 3.63) is 59.7 Å². The molecule has 1 saturated heterocycles. The predicted octanol–water partition coefficient (Wildman–Crippen LogP) is -0.120. The first-order chi connectivity index (χ1) is 14.7. The molecule has 4 rings (SSSR count). The number of piperazine rings is 1. The monoisotopic (exact) mass is 414 g/mol. The summed E-state index contributed by atoms with van der Waals surface area (Å²) in [5, 5.41) is 10.4. The van der Waals surface area contributed by atoms with Crippen LogP contribution in [0.15, 0.2) is 48.5 Å². The van der Waals surface area contributed by atoms with E-state index in [0.29, 0.717) is 25.9 Å². The number of ether oxygens (including phenoxy) is 3. The summed E-state index contributed by atoms with van der Waals surface area (Å²) in [6, 6.07) is 16.6. The Bertz CT molecular complexity index is 793. The molecule has 0 unspecified atom stereocenters. The first-order valence-electron chi connectivity index (χ1n) is 11.0.